The van der Waals surface area contributed by atoms with Crippen LogP contribution in [0.2, 0.25) is 0 Å². The molecule has 0 spiro atoms. The number of halogens is 3. The molecule has 3 nitrogen and oxygen atoms in total. The summed E-state index contributed by atoms with van der Waals surface area (Å²) in [7, 11) is 0. The second kappa shape index (κ2) is 3.61. The van der Waals surface area contributed by atoms with Crippen LogP contribution in [-0.4, -0.2) is 21.1 Å². The first-order valence-corrected chi connectivity index (χ1v) is 4.12. The Balaban J connectivity index is 3.01. The number of aromatic nitrogens is 2. The Hall–Kier alpha value is -1.04. The molecule has 0 aliphatic heterocycles. The maximum atomic E-state index is 12.2. The van der Waals surface area contributed by atoms with Gasteiger partial charge in [0.1, 0.15) is 0 Å². The third-order valence-electron chi connectivity index (χ3n) is 1.78. The molecule has 0 fully saturated rings. The third-order valence-corrected chi connectivity index (χ3v) is 1.78. The van der Waals surface area contributed by atoms with Crippen LogP contribution in [0, 0.1) is 0 Å². The first-order chi connectivity index (χ1) is 6.34. The third kappa shape index (κ3) is 2.06. The van der Waals surface area contributed by atoms with Crippen LogP contribution in [0.3, 0.4) is 0 Å². The van der Waals surface area contributed by atoms with Crippen molar-refractivity contribution in [3.05, 3.63) is 18.0 Å². The fraction of sp³-hybridized carbons (Fsp3) is 0.625. The van der Waals surface area contributed by atoms with Gasteiger partial charge in [-0.15, -0.1) is 0 Å². The summed E-state index contributed by atoms with van der Waals surface area (Å²) >= 11 is 0. The summed E-state index contributed by atoms with van der Waals surface area (Å²) in [4.78, 5) is 0. The van der Waals surface area contributed by atoms with Crippen LogP contribution in [0.15, 0.2) is 12.3 Å². The Kier molecular flexibility index (Phi) is 2.84. The van der Waals surface area contributed by atoms with Gasteiger partial charge in [-0.05, 0) is 19.9 Å². The van der Waals surface area contributed by atoms with Crippen LogP contribution in [0.25, 0.3) is 0 Å². The number of aliphatic hydroxyl groups excluding tert-OH is 1. The minimum atomic E-state index is -4.65. The fourth-order valence-electron chi connectivity index (χ4n) is 1.14. The van der Waals surface area contributed by atoms with Crippen molar-refractivity contribution in [3.8, 4) is 0 Å². The summed E-state index contributed by atoms with van der Waals surface area (Å²) in [5.74, 6) is 0. The summed E-state index contributed by atoms with van der Waals surface area (Å²) in [6.45, 7) is 3.39. The molecule has 1 heterocycles. The van der Waals surface area contributed by atoms with E-state index in [0.717, 1.165) is 10.7 Å². The van der Waals surface area contributed by atoms with Gasteiger partial charge in [-0.3, -0.25) is 4.68 Å². The molecule has 1 aromatic heterocycles. The summed E-state index contributed by atoms with van der Waals surface area (Å²) in [6, 6.07) is 0.954. The first kappa shape index (κ1) is 11.0. The first-order valence-electron chi connectivity index (χ1n) is 4.12. The highest BCUT2D eigenvalue weighted by molar-refractivity contribution is 5.07. The van der Waals surface area contributed by atoms with E-state index < -0.39 is 12.3 Å². The molecule has 1 aromatic rings. The number of hydrogen-bond donors (Lipinski definition) is 1. The molecule has 6 heteroatoms. The Morgan fingerprint density at radius 1 is 1.43 bits per heavy atom. The maximum absolute atomic E-state index is 12.2. The number of nitrogens with zero attached hydrogens (tertiary/aromatic N) is 2. The Morgan fingerprint density at radius 2 is 2.00 bits per heavy atom. The van der Waals surface area contributed by atoms with Gasteiger partial charge in [-0.2, -0.15) is 18.3 Å². The highest BCUT2D eigenvalue weighted by Crippen LogP contribution is 2.32. The van der Waals surface area contributed by atoms with E-state index >= 15 is 0 Å². The molecule has 0 amide bonds. The molecular formula is C8H11F3N2O. The van der Waals surface area contributed by atoms with Gasteiger partial charge in [0, 0.05) is 12.2 Å². The summed E-state index contributed by atoms with van der Waals surface area (Å²) in [5.41, 5.74) is -0.229. The topological polar surface area (TPSA) is 38.0 Å². The van der Waals surface area contributed by atoms with E-state index in [1.54, 1.807) is 13.8 Å². The van der Waals surface area contributed by atoms with Gasteiger partial charge in [0.25, 0.3) is 0 Å². The average Bonchev–Trinajstić information content (AvgIpc) is 2.48. The van der Waals surface area contributed by atoms with Gasteiger partial charge in [0.05, 0.1) is 5.69 Å². The summed E-state index contributed by atoms with van der Waals surface area (Å²) in [6.07, 6.45) is -5.87. The van der Waals surface area contributed by atoms with Gasteiger partial charge in [-0.1, -0.05) is 0 Å². The van der Waals surface area contributed by atoms with E-state index in [2.05, 4.69) is 5.10 Å². The zero-order valence-electron chi connectivity index (χ0n) is 7.78. The minimum absolute atomic E-state index is 0.211. The molecule has 1 atom stereocenters. The van der Waals surface area contributed by atoms with Crippen LogP contribution in [0.5, 0.6) is 0 Å². The molecular weight excluding hydrogens is 197 g/mol. The van der Waals surface area contributed by atoms with Crippen molar-refractivity contribution in [1.82, 2.24) is 9.78 Å². The molecule has 1 N–H and O–H groups in total. The van der Waals surface area contributed by atoms with Crippen LogP contribution in [0.1, 0.15) is 31.7 Å². The molecule has 0 aliphatic carbocycles. The van der Waals surface area contributed by atoms with Gasteiger partial charge >= 0.3 is 6.18 Å². The average molecular weight is 208 g/mol. The number of hydrogen-bond acceptors (Lipinski definition) is 2. The highest BCUT2D eigenvalue weighted by Gasteiger charge is 2.41. The van der Waals surface area contributed by atoms with E-state index in [-0.39, 0.29) is 11.7 Å². The molecule has 0 bridgehead atoms. The zero-order chi connectivity index (χ0) is 10.9. The van der Waals surface area contributed by atoms with Gasteiger partial charge in [0.2, 0.25) is 0 Å². The van der Waals surface area contributed by atoms with Crippen LogP contribution in [0.4, 0.5) is 13.2 Å². The second-order valence-corrected chi connectivity index (χ2v) is 3.24. The van der Waals surface area contributed by atoms with Crippen molar-refractivity contribution in [2.45, 2.75) is 32.2 Å². The van der Waals surface area contributed by atoms with Gasteiger partial charge in [-0.25, -0.2) is 0 Å². The van der Waals surface area contributed by atoms with Crippen molar-refractivity contribution < 1.29 is 18.3 Å². The fourth-order valence-corrected chi connectivity index (χ4v) is 1.14. The maximum Gasteiger partial charge on any atom is 0.420 e. The van der Waals surface area contributed by atoms with E-state index in [0.29, 0.717) is 0 Å². The Bertz CT molecular complexity index is 306. The lowest BCUT2D eigenvalue weighted by Gasteiger charge is -2.17. The standard InChI is InChI=1S/C8H11F3N2O/c1-5(2)13-6(3-4-12-13)7(14)8(9,10)11/h3-5,7,14H,1-2H3. The molecule has 0 radical (unpaired) electrons. The molecule has 14 heavy (non-hydrogen) atoms. The van der Waals surface area contributed by atoms with Crippen molar-refractivity contribution >= 4 is 0 Å². The normalized spacial score (nSPS) is 14.8. The van der Waals surface area contributed by atoms with Crippen molar-refractivity contribution in [2.75, 3.05) is 0 Å². The van der Waals surface area contributed by atoms with Gasteiger partial charge < -0.3 is 5.11 Å². The summed E-state index contributed by atoms with van der Waals surface area (Å²) in [5, 5.41) is 12.7. The minimum Gasteiger partial charge on any atom is -0.378 e. The van der Waals surface area contributed by atoms with Crippen molar-refractivity contribution in [2.24, 2.45) is 0 Å². The van der Waals surface area contributed by atoms with Crippen LogP contribution in [-0.2, 0) is 0 Å². The number of aliphatic hydroxyl groups is 1. The number of rotatable bonds is 2. The molecule has 0 aliphatic rings. The molecule has 0 aromatic carbocycles. The Labute approximate surface area is 79.2 Å². The van der Waals surface area contributed by atoms with Crippen molar-refractivity contribution in [3.63, 3.8) is 0 Å². The van der Waals surface area contributed by atoms with E-state index in [1.807, 2.05) is 0 Å². The summed E-state index contributed by atoms with van der Waals surface area (Å²) < 4.78 is 37.6. The zero-order valence-corrected chi connectivity index (χ0v) is 7.78. The molecule has 0 saturated heterocycles. The smallest absolute Gasteiger partial charge is 0.378 e. The second-order valence-electron chi connectivity index (χ2n) is 3.24. The van der Waals surface area contributed by atoms with Crippen molar-refractivity contribution in [1.29, 1.82) is 0 Å². The monoisotopic (exact) mass is 208 g/mol. The predicted molar refractivity (Wildman–Crippen MR) is 43.6 cm³/mol. The molecule has 0 saturated carbocycles. The largest absolute Gasteiger partial charge is 0.420 e. The lowest BCUT2D eigenvalue weighted by atomic mass is 10.2. The van der Waals surface area contributed by atoms with Crippen LogP contribution < -0.4 is 0 Å². The quantitative estimate of drug-likeness (QED) is 0.807. The highest BCUT2D eigenvalue weighted by atomic mass is 19.4. The molecule has 1 unspecified atom stereocenters. The van der Waals surface area contributed by atoms with E-state index in [9.17, 15) is 13.2 Å². The predicted octanol–water partition coefficient (Wildman–Crippen LogP) is 2.06. The Morgan fingerprint density at radius 3 is 2.43 bits per heavy atom. The van der Waals surface area contributed by atoms with Gasteiger partial charge in [0.15, 0.2) is 6.10 Å². The SMILES string of the molecule is CC(C)n1nccc1C(O)C(F)(F)F. The van der Waals surface area contributed by atoms with E-state index in [4.69, 9.17) is 5.11 Å². The lowest BCUT2D eigenvalue weighted by Crippen LogP contribution is -2.24. The van der Waals surface area contributed by atoms with Crippen LogP contribution >= 0.6 is 0 Å². The van der Waals surface area contributed by atoms with E-state index in [1.165, 1.54) is 6.20 Å². The lowest BCUT2D eigenvalue weighted by molar-refractivity contribution is -0.209. The molecule has 1 rings (SSSR count). The number of alkyl halides is 3. The molecule has 80 valence electrons.